The summed E-state index contributed by atoms with van der Waals surface area (Å²) in [7, 11) is 0. The number of nitriles is 1. The number of alkyl halides is 2. The van der Waals surface area contributed by atoms with Crippen LogP contribution in [0.15, 0.2) is 23.0 Å². The minimum absolute atomic E-state index is 0.0205. The summed E-state index contributed by atoms with van der Waals surface area (Å²) >= 11 is 0. The molecule has 2 saturated carbocycles. The van der Waals surface area contributed by atoms with Crippen LogP contribution in [0.25, 0.3) is 0 Å². The van der Waals surface area contributed by atoms with Crippen molar-refractivity contribution in [3.63, 3.8) is 0 Å². The number of carbonyl (C=O) groups is 2. The van der Waals surface area contributed by atoms with Crippen molar-refractivity contribution in [3.05, 3.63) is 23.0 Å². The van der Waals surface area contributed by atoms with Gasteiger partial charge < -0.3 is 10.4 Å². The Morgan fingerprint density at radius 3 is 2.24 bits per heavy atom. The molecule has 1 amide bonds. The Labute approximate surface area is 246 Å². The number of ketones is 1. The highest BCUT2D eigenvalue weighted by atomic mass is 19.3. The molecular weight excluding hydrogens is 522 g/mol. The lowest BCUT2D eigenvalue weighted by molar-refractivity contribution is -0.147. The number of halogens is 2. The lowest BCUT2D eigenvalue weighted by atomic mass is 9.43. The Morgan fingerprint density at radius 2 is 1.73 bits per heavy atom. The predicted molar refractivity (Wildman–Crippen MR) is 158 cm³/mol. The largest absolute Gasteiger partial charge is 0.511 e. The highest BCUT2D eigenvalue weighted by Gasteiger charge is 2.59. The van der Waals surface area contributed by atoms with Crippen molar-refractivity contribution >= 4 is 11.7 Å². The van der Waals surface area contributed by atoms with Gasteiger partial charge in [-0.1, -0.05) is 61.0 Å². The van der Waals surface area contributed by atoms with Crippen LogP contribution in [0.1, 0.15) is 121 Å². The van der Waals surface area contributed by atoms with Gasteiger partial charge in [-0.25, -0.2) is 0 Å². The van der Waals surface area contributed by atoms with Gasteiger partial charge in [-0.15, -0.1) is 0 Å². The smallest absolute Gasteiger partial charge is 0.321 e. The van der Waals surface area contributed by atoms with E-state index in [0.29, 0.717) is 38.2 Å². The molecule has 2 N–H and O–H groups in total. The molecule has 230 valence electrons. The lowest BCUT2D eigenvalue weighted by Gasteiger charge is -2.61. The van der Waals surface area contributed by atoms with Crippen molar-refractivity contribution in [2.75, 3.05) is 0 Å². The first-order chi connectivity index (χ1) is 18.6. The van der Waals surface area contributed by atoms with Crippen LogP contribution in [0, 0.1) is 50.7 Å². The van der Waals surface area contributed by atoms with Crippen molar-refractivity contribution in [1.82, 2.24) is 5.32 Å². The van der Waals surface area contributed by atoms with Crippen LogP contribution in [0.3, 0.4) is 0 Å². The highest BCUT2D eigenvalue weighted by molar-refractivity contribution is 5.88. The average molecular weight is 575 g/mol. The molecule has 0 heterocycles. The van der Waals surface area contributed by atoms with Crippen molar-refractivity contribution in [3.8, 4) is 6.07 Å². The second-order valence-corrected chi connectivity index (χ2v) is 15.7. The highest BCUT2D eigenvalue weighted by Crippen LogP contribution is 2.66. The summed E-state index contributed by atoms with van der Waals surface area (Å²) in [5, 5.41) is 23.5. The molecule has 5 nitrogen and oxygen atoms in total. The molecule has 0 radical (unpaired) electrons. The van der Waals surface area contributed by atoms with E-state index in [-0.39, 0.29) is 40.1 Å². The van der Waals surface area contributed by atoms with Gasteiger partial charge in [0.1, 0.15) is 5.76 Å². The summed E-state index contributed by atoms with van der Waals surface area (Å²) in [6.07, 6.45) is 7.32. The van der Waals surface area contributed by atoms with Gasteiger partial charge in [0.25, 0.3) is 5.91 Å². The maximum absolute atomic E-state index is 14.1. The zero-order valence-corrected chi connectivity index (χ0v) is 26.9. The van der Waals surface area contributed by atoms with E-state index in [2.05, 4.69) is 59.9 Å². The molecule has 0 bridgehead atoms. The van der Waals surface area contributed by atoms with Crippen molar-refractivity contribution in [1.29, 1.82) is 5.26 Å². The average Bonchev–Trinajstić information content (AvgIpc) is 2.83. The molecule has 3 rings (SSSR count). The van der Waals surface area contributed by atoms with Gasteiger partial charge in [-0.3, -0.25) is 9.59 Å². The Kier molecular flexibility index (Phi) is 8.76. The van der Waals surface area contributed by atoms with Gasteiger partial charge in [0, 0.05) is 18.4 Å². The molecule has 0 saturated heterocycles. The van der Waals surface area contributed by atoms with Gasteiger partial charge in [0.2, 0.25) is 0 Å². The Balaban J connectivity index is 2.03. The van der Waals surface area contributed by atoms with E-state index in [1.54, 1.807) is 13.0 Å². The summed E-state index contributed by atoms with van der Waals surface area (Å²) in [5.41, 5.74) is -0.536. The summed E-state index contributed by atoms with van der Waals surface area (Å²) in [4.78, 5) is 25.4. The zero-order chi connectivity index (χ0) is 31.4. The van der Waals surface area contributed by atoms with Gasteiger partial charge in [0.05, 0.1) is 11.6 Å². The molecule has 2 fully saturated rings. The summed E-state index contributed by atoms with van der Waals surface area (Å²) in [6, 6.07) is 2.21. The molecule has 3 aliphatic carbocycles. The van der Waals surface area contributed by atoms with E-state index >= 15 is 0 Å². The molecular formula is C34H52F2N2O3. The number of allylic oxidation sites excluding steroid dienone is 4. The normalized spacial score (nSPS) is 36.9. The molecule has 7 heteroatoms. The van der Waals surface area contributed by atoms with Crippen LogP contribution < -0.4 is 5.32 Å². The molecule has 3 aliphatic rings. The van der Waals surface area contributed by atoms with Crippen LogP contribution in [0.2, 0.25) is 0 Å². The topological polar surface area (TPSA) is 90.2 Å². The minimum Gasteiger partial charge on any atom is -0.511 e. The third-order valence-corrected chi connectivity index (χ3v) is 11.9. The number of carbonyl (C=O) groups excluding carboxylic acids is 2. The molecule has 0 aromatic rings. The first kappa shape index (κ1) is 33.3. The summed E-state index contributed by atoms with van der Waals surface area (Å²) < 4.78 is 28.3. The van der Waals surface area contributed by atoms with E-state index in [1.807, 2.05) is 6.92 Å². The number of amides is 1. The van der Waals surface area contributed by atoms with Gasteiger partial charge in [-0.05, 0) is 97.9 Å². The maximum atomic E-state index is 14.1. The molecule has 0 aromatic heterocycles. The fourth-order valence-corrected chi connectivity index (χ4v) is 8.71. The van der Waals surface area contributed by atoms with E-state index in [1.165, 1.54) is 0 Å². The number of aliphatic hydroxyl groups excluding tert-OH is 1. The predicted octanol–water partition coefficient (Wildman–Crippen LogP) is 8.46. The Hall–Kier alpha value is -2.23. The zero-order valence-electron chi connectivity index (χ0n) is 26.9. The quantitative estimate of drug-likeness (QED) is 0.299. The minimum atomic E-state index is -3.46. The molecule has 0 aromatic carbocycles. The van der Waals surface area contributed by atoms with Crippen LogP contribution in [-0.4, -0.2) is 28.3 Å². The standard InChI is InChI=1S/C34H52F2N2O3/c1-21-18-29(4,5)13-15-34(21,38-28(41)33(10,35)36)16-14-30(6,7)32(9)12-11-25-23(3)27(40)24(20-37)19-31(25,8)26(32)17-22(2)39/h17,21,23,25,40H,11-16,18-19H2,1-10H3,(H,38,41)/b26-17-/t21?,23-,25-,31-,32+,34-/m0/s1. The van der Waals surface area contributed by atoms with E-state index in [0.717, 1.165) is 31.3 Å². The third-order valence-electron chi connectivity index (χ3n) is 11.9. The third kappa shape index (κ3) is 6.00. The summed E-state index contributed by atoms with van der Waals surface area (Å²) in [5.74, 6) is -4.64. The second-order valence-electron chi connectivity index (χ2n) is 15.7. The Bertz CT molecular complexity index is 1170. The molecule has 0 aliphatic heterocycles. The summed E-state index contributed by atoms with van der Waals surface area (Å²) in [6.45, 7) is 19.4. The maximum Gasteiger partial charge on any atom is 0.321 e. The first-order valence-corrected chi connectivity index (χ1v) is 15.3. The van der Waals surface area contributed by atoms with Gasteiger partial charge in [0.15, 0.2) is 5.78 Å². The Morgan fingerprint density at radius 1 is 1.12 bits per heavy atom. The monoisotopic (exact) mass is 574 g/mol. The van der Waals surface area contributed by atoms with E-state index < -0.39 is 28.2 Å². The number of nitrogens with one attached hydrogen (secondary N) is 1. The fourth-order valence-electron chi connectivity index (χ4n) is 8.71. The van der Waals surface area contributed by atoms with Crippen molar-refractivity contribution < 1.29 is 23.5 Å². The number of fused-ring (bicyclic) bond motifs is 1. The molecule has 6 atom stereocenters. The number of nitrogens with zero attached hydrogens (tertiary/aromatic N) is 1. The SMILES string of the molecule is CC(=O)/C=C1/[C@@]2(C)CC(C#N)=C(O)[C@@H](C)[C@@H]2CC[C@@]1(C)C(C)(C)CC[C@@]1(NC(=O)C(C)(F)F)CCC(C)(C)CC1C. The van der Waals surface area contributed by atoms with Crippen LogP contribution in [0.5, 0.6) is 0 Å². The number of hydrogen-bond acceptors (Lipinski definition) is 4. The number of hydrogen-bond donors (Lipinski definition) is 2. The van der Waals surface area contributed by atoms with Gasteiger partial charge in [-0.2, -0.15) is 14.0 Å². The molecule has 41 heavy (non-hydrogen) atoms. The van der Waals surface area contributed by atoms with E-state index in [9.17, 15) is 28.7 Å². The lowest BCUT2D eigenvalue weighted by Crippen LogP contribution is -2.60. The van der Waals surface area contributed by atoms with Crippen LogP contribution in [-0.2, 0) is 9.59 Å². The second kappa shape index (κ2) is 10.8. The molecule has 0 spiro atoms. The first-order valence-electron chi connectivity index (χ1n) is 15.3. The van der Waals surface area contributed by atoms with E-state index in [4.69, 9.17) is 0 Å². The number of rotatable bonds is 7. The number of aliphatic hydroxyl groups is 1. The van der Waals surface area contributed by atoms with Crippen molar-refractivity contribution in [2.45, 2.75) is 132 Å². The van der Waals surface area contributed by atoms with Crippen LogP contribution >= 0.6 is 0 Å². The fraction of sp³-hybridized carbons (Fsp3) is 0.794. The molecule has 1 unspecified atom stereocenters. The van der Waals surface area contributed by atoms with Gasteiger partial charge >= 0.3 is 5.92 Å². The van der Waals surface area contributed by atoms with Crippen molar-refractivity contribution in [2.24, 2.45) is 39.4 Å². The van der Waals surface area contributed by atoms with Crippen LogP contribution in [0.4, 0.5) is 8.78 Å².